The molecule has 19 heavy (non-hydrogen) atoms. The van der Waals surface area contributed by atoms with Crippen molar-refractivity contribution in [1.82, 2.24) is 0 Å². The molecular weight excluding hydrogens is 240 g/mol. The predicted molar refractivity (Wildman–Crippen MR) is 75.8 cm³/mol. The molecule has 0 radical (unpaired) electrons. The summed E-state index contributed by atoms with van der Waals surface area (Å²) in [5.74, 6) is 1.87. The lowest BCUT2D eigenvalue weighted by atomic mass is 9.82. The van der Waals surface area contributed by atoms with Gasteiger partial charge in [0.1, 0.15) is 0 Å². The molecular formula is C16H24O3. The fourth-order valence-corrected chi connectivity index (χ4v) is 3.10. The summed E-state index contributed by atoms with van der Waals surface area (Å²) in [6, 6.07) is 5.87. The van der Waals surface area contributed by atoms with E-state index in [4.69, 9.17) is 9.47 Å². The zero-order valence-electron chi connectivity index (χ0n) is 12.1. The van der Waals surface area contributed by atoms with Crippen LogP contribution in [0.5, 0.6) is 11.5 Å². The largest absolute Gasteiger partial charge is 0.493 e. The van der Waals surface area contributed by atoms with Crippen LogP contribution in [0.3, 0.4) is 0 Å². The average molecular weight is 264 g/mol. The lowest BCUT2D eigenvalue weighted by Crippen LogP contribution is -2.35. The molecule has 1 aromatic carbocycles. The second-order valence-electron chi connectivity index (χ2n) is 5.70. The molecule has 1 aromatic rings. The van der Waals surface area contributed by atoms with Gasteiger partial charge >= 0.3 is 0 Å². The van der Waals surface area contributed by atoms with Gasteiger partial charge in [0.05, 0.1) is 19.8 Å². The Bertz CT molecular complexity index is 420. The van der Waals surface area contributed by atoms with E-state index >= 15 is 0 Å². The molecule has 1 fully saturated rings. The molecule has 1 atom stereocenters. The molecule has 1 aliphatic carbocycles. The zero-order valence-corrected chi connectivity index (χ0v) is 12.1. The first-order valence-electron chi connectivity index (χ1n) is 7.00. The lowest BCUT2D eigenvalue weighted by molar-refractivity contribution is 0.00189. The second-order valence-corrected chi connectivity index (χ2v) is 5.70. The smallest absolute Gasteiger partial charge is 0.160 e. The van der Waals surface area contributed by atoms with E-state index in [0.29, 0.717) is 12.3 Å². The molecule has 3 heteroatoms. The predicted octanol–water partition coefficient (Wildman–Crippen LogP) is 3.19. The molecule has 1 aliphatic rings. The molecule has 0 bridgehead atoms. The minimum absolute atomic E-state index is 0.417. The number of methoxy groups -OCH3 is 2. The summed E-state index contributed by atoms with van der Waals surface area (Å²) in [4.78, 5) is 0. The van der Waals surface area contributed by atoms with Gasteiger partial charge in [0, 0.05) is 6.42 Å². The van der Waals surface area contributed by atoms with Crippen molar-refractivity contribution in [3.63, 3.8) is 0 Å². The van der Waals surface area contributed by atoms with Gasteiger partial charge in [-0.1, -0.05) is 18.9 Å². The van der Waals surface area contributed by atoms with E-state index in [1.165, 1.54) is 12.8 Å². The first-order valence-corrected chi connectivity index (χ1v) is 7.00. The Labute approximate surface area is 115 Å². The summed E-state index contributed by atoms with van der Waals surface area (Å²) < 4.78 is 10.5. The van der Waals surface area contributed by atoms with Gasteiger partial charge in [-0.25, -0.2) is 0 Å². The average Bonchev–Trinajstić information content (AvgIpc) is 2.93. The topological polar surface area (TPSA) is 38.7 Å². The van der Waals surface area contributed by atoms with Crippen molar-refractivity contribution in [3.05, 3.63) is 23.8 Å². The Balaban J connectivity index is 2.13. The molecule has 3 nitrogen and oxygen atoms in total. The lowest BCUT2D eigenvalue weighted by Gasteiger charge is -2.30. The van der Waals surface area contributed by atoms with Crippen molar-refractivity contribution < 1.29 is 14.6 Å². The van der Waals surface area contributed by atoms with Crippen molar-refractivity contribution in [2.24, 2.45) is 5.92 Å². The normalized spacial score (nSPS) is 19.2. The maximum atomic E-state index is 10.7. The summed E-state index contributed by atoms with van der Waals surface area (Å²) in [7, 11) is 3.27. The Hall–Kier alpha value is -1.22. The van der Waals surface area contributed by atoms with Crippen LogP contribution in [-0.4, -0.2) is 24.9 Å². The van der Waals surface area contributed by atoms with Gasteiger partial charge in [-0.2, -0.15) is 0 Å². The van der Waals surface area contributed by atoms with Crippen LogP contribution in [0.25, 0.3) is 0 Å². The highest BCUT2D eigenvalue weighted by Gasteiger charge is 2.34. The third-order valence-corrected chi connectivity index (χ3v) is 4.24. The van der Waals surface area contributed by atoms with Crippen molar-refractivity contribution in [2.45, 2.75) is 44.6 Å². The first-order chi connectivity index (χ1) is 9.06. The molecule has 2 rings (SSSR count). The third-order valence-electron chi connectivity index (χ3n) is 4.24. The van der Waals surface area contributed by atoms with Gasteiger partial charge in [0.15, 0.2) is 11.5 Å². The highest BCUT2D eigenvalue weighted by Crippen LogP contribution is 2.37. The molecule has 1 unspecified atom stereocenters. The Morgan fingerprint density at radius 3 is 2.37 bits per heavy atom. The van der Waals surface area contributed by atoms with Crippen LogP contribution >= 0.6 is 0 Å². The molecule has 0 amide bonds. The second kappa shape index (κ2) is 5.83. The van der Waals surface area contributed by atoms with Crippen LogP contribution in [0.2, 0.25) is 0 Å². The molecule has 0 heterocycles. The van der Waals surface area contributed by atoms with Crippen molar-refractivity contribution in [1.29, 1.82) is 0 Å². The number of benzene rings is 1. The van der Waals surface area contributed by atoms with E-state index in [9.17, 15) is 5.11 Å². The first kappa shape index (κ1) is 14.2. The number of aliphatic hydroxyl groups is 1. The van der Waals surface area contributed by atoms with Crippen LogP contribution in [0.1, 0.15) is 38.2 Å². The molecule has 0 saturated heterocycles. The van der Waals surface area contributed by atoms with Crippen LogP contribution in [0, 0.1) is 5.92 Å². The van der Waals surface area contributed by atoms with E-state index in [0.717, 1.165) is 29.9 Å². The molecule has 1 saturated carbocycles. The summed E-state index contributed by atoms with van der Waals surface area (Å²) in [5, 5.41) is 10.7. The molecule has 1 N–H and O–H groups in total. The standard InChI is InChI=1S/C16H24O3/c1-16(17,13-6-4-5-7-13)11-12-8-9-14(18-2)15(10-12)19-3/h8-10,13,17H,4-7,11H2,1-3H3. The number of hydrogen-bond donors (Lipinski definition) is 1. The highest BCUT2D eigenvalue weighted by molar-refractivity contribution is 5.43. The molecule has 0 spiro atoms. The molecule has 0 aromatic heterocycles. The molecule has 106 valence electrons. The van der Waals surface area contributed by atoms with Crippen LogP contribution in [-0.2, 0) is 6.42 Å². The third kappa shape index (κ3) is 3.21. The number of rotatable bonds is 5. The van der Waals surface area contributed by atoms with E-state index < -0.39 is 5.60 Å². The monoisotopic (exact) mass is 264 g/mol. The van der Waals surface area contributed by atoms with Gasteiger partial charge < -0.3 is 14.6 Å². The summed E-state index contributed by atoms with van der Waals surface area (Å²) in [6.07, 6.45) is 5.43. The van der Waals surface area contributed by atoms with E-state index in [-0.39, 0.29) is 0 Å². The van der Waals surface area contributed by atoms with Crippen LogP contribution < -0.4 is 9.47 Å². The zero-order chi connectivity index (χ0) is 13.9. The summed E-state index contributed by atoms with van der Waals surface area (Å²) in [5.41, 5.74) is 0.463. The number of ether oxygens (including phenoxy) is 2. The fourth-order valence-electron chi connectivity index (χ4n) is 3.10. The van der Waals surface area contributed by atoms with Gasteiger partial charge in [0.25, 0.3) is 0 Å². The maximum Gasteiger partial charge on any atom is 0.160 e. The van der Waals surface area contributed by atoms with Crippen molar-refractivity contribution >= 4 is 0 Å². The quantitative estimate of drug-likeness (QED) is 0.887. The SMILES string of the molecule is COc1ccc(CC(C)(O)C2CCCC2)cc1OC. The Kier molecular flexibility index (Phi) is 4.35. The van der Waals surface area contributed by atoms with Crippen LogP contribution in [0.15, 0.2) is 18.2 Å². The van der Waals surface area contributed by atoms with Crippen LogP contribution in [0.4, 0.5) is 0 Å². The fraction of sp³-hybridized carbons (Fsp3) is 0.625. The van der Waals surface area contributed by atoms with E-state index in [2.05, 4.69) is 0 Å². The van der Waals surface area contributed by atoms with Gasteiger partial charge in [0.2, 0.25) is 0 Å². The maximum absolute atomic E-state index is 10.7. The minimum Gasteiger partial charge on any atom is -0.493 e. The Morgan fingerprint density at radius 1 is 1.16 bits per heavy atom. The Morgan fingerprint density at radius 2 is 1.79 bits per heavy atom. The number of hydrogen-bond acceptors (Lipinski definition) is 3. The van der Waals surface area contributed by atoms with E-state index in [1.807, 2.05) is 25.1 Å². The minimum atomic E-state index is -0.629. The van der Waals surface area contributed by atoms with Gasteiger partial charge in [-0.3, -0.25) is 0 Å². The van der Waals surface area contributed by atoms with E-state index in [1.54, 1.807) is 14.2 Å². The van der Waals surface area contributed by atoms with Gasteiger partial charge in [-0.05, 0) is 43.4 Å². The summed E-state index contributed by atoms with van der Waals surface area (Å²) in [6.45, 7) is 1.96. The van der Waals surface area contributed by atoms with Gasteiger partial charge in [-0.15, -0.1) is 0 Å². The highest BCUT2D eigenvalue weighted by atomic mass is 16.5. The van der Waals surface area contributed by atoms with Crippen molar-refractivity contribution in [3.8, 4) is 11.5 Å². The van der Waals surface area contributed by atoms with Crippen molar-refractivity contribution in [2.75, 3.05) is 14.2 Å². The summed E-state index contributed by atoms with van der Waals surface area (Å²) >= 11 is 0. The molecule has 0 aliphatic heterocycles.